The first-order valence-electron chi connectivity index (χ1n) is 6.12. The Morgan fingerprint density at radius 3 is 2.68 bits per heavy atom. The molecule has 0 bridgehead atoms. The predicted octanol–water partition coefficient (Wildman–Crippen LogP) is 0.188. The first-order valence-corrected chi connectivity index (χ1v) is 9.09. The van der Waals surface area contributed by atoms with E-state index in [1.807, 2.05) is 0 Å². The molecule has 2 heterocycles. The van der Waals surface area contributed by atoms with E-state index in [0.717, 1.165) is 0 Å². The first-order chi connectivity index (χ1) is 9.01. The molecule has 0 aliphatic carbocycles. The first kappa shape index (κ1) is 14.7. The number of sulfonamides is 1. The van der Waals surface area contributed by atoms with Crippen LogP contribution in [0.25, 0.3) is 0 Å². The van der Waals surface area contributed by atoms with Gasteiger partial charge >= 0.3 is 0 Å². The molecule has 0 aromatic carbocycles. The van der Waals surface area contributed by atoms with E-state index < -0.39 is 20.8 Å². The van der Waals surface area contributed by atoms with Crippen molar-refractivity contribution in [1.29, 1.82) is 0 Å². The fourth-order valence-corrected chi connectivity index (χ4v) is 4.51. The van der Waals surface area contributed by atoms with Crippen molar-refractivity contribution < 1.29 is 17.0 Å². The number of nitrogens with one attached hydrogen (secondary N) is 2. The Morgan fingerprint density at radius 1 is 1.37 bits per heavy atom. The molecule has 6 nitrogen and oxygen atoms in total. The highest BCUT2D eigenvalue weighted by Gasteiger charge is 2.26. The van der Waals surface area contributed by atoms with Gasteiger partial charge in [-0.3, -0.25) is 4.21 Å². The van der Waals surface area contributed by atoms with Gasteiger partial charge in [0.1, 0.15) is 5.76 Å². The van der Waals surface area contributed by atoms with Gasteiger partial charge in [0.2, 0.25) is 5.09 Å². The minimum atomic E-state index is -3.62. The van der Waals surface area contributed by atoms with Crippen molar-refractivity contribution in [3.63, 3.8) is 0 Å². The van der Waals surface area contributed by atoms with Crippen LogP contribution in [0.15, 0.2) is 21.6 Å². The standard InChI is InChI=1S/C11H18N2O4S2/c1-12-8-10-2-3-11(17-10)19(15,16)13-9-4-6-18(14)7-5-9/h2-3,9,12-13H,4-8H2,1H3. The average molecular weight is 306 g/mol. The lowest BCUT2D eigenvalue weighted by Crippen LogP contribution is -2.39. The molecule has 8 heteroatoms. The largest absolute Gasteiger partial charge is 0.447 e. The predicted molar refractivity (Wildman–Crippen MR) is 72.7 cm³/mol. The molecule has 0 spiro atoms. The normalized spacial score (nSPS) is 24.5. The van der Waals surface area contributed by atoms with Crippen molar-refractivity contribution in [1.82, 2.24) is 10.0 Å². The molecule has 1 aromatic heterocycles. The van der Waals surface area contributed by atoms with E-state index in [-0.39, 0.29) is 11.1 Å². The van der Waals surface area contributed by atoms with E-state index in [2.05, 4.69) is 10.0 Å². The molecule has 1 fully saturated rings. The highest BCUT2D eigenvalue weighted by Crippen LogP contribution is 2.17. The fraction of sp³-hybridized carbons (Fsp3) is 0.636. The van der Waals surface area contributed by atoms with Crippen molar-refractivity contribution in [2.45, 2.75) is 30.5 Å². The van der Waals surface area contributed by atoms with Crippen LogP contribution in [0.1, 0.15) is 18.6 Å². The van der Waals surface area contributed by atoms with E-state index in [1.54, 1.807) is 13.1 Å². The Kier molecular flexibility index (Phi) is 4.77. The molecular formula is C11H18N2O4S2. The van der Waals surface area contributed by atoms with Crippen LogP contribution in [0.4, 0.5) is 0 Å². The third-order valence-electron chi connectivity index (χ3n) is 2.96. The van der Waals surface area contributed by atoms with Gasteiger partial charge in [0.05, 0.1) is 6.54 Å². The molecule has 0 atom stereocenters. The smallest absolute Gasteiger partial charge is 0.274 e. The molecule has 0 saturated carbocycles. The van der Waals surface area contributed by atoms with Crippen LogP contribution in [0, 0.1) is 0 Å². The summed E-state index contributed by atoms with van der Waals surface area (Å²) >= 11 is 0. The van der Waals surface area contributed by atoms with Crippen LogP contribution in [0.2, 0.25) is 0 Å². The van der Waals surface area contributed by atoms with E-state index in [0.29, 0.717) is 36.7 Å². The molecule has 0 unspecified atom stereocenters. The molecule has 1 aliphatic rings. The molecule has 19 heavy (non-hydrogen) atoms. The van der Waals surface area contributed by atoms with Crippen LogP contribution in [0.5, 0.6) is 0 Å². The molecule has 1 aliphatic heterocycles. The van der Waals surface area contributed by atoms with Crippen molar-refractivity contribution in [2.24, 2.45) is 0 Å². The monoisotopic (exact) mass is 306 g/mol. The van der Waals surface area contributed by atoms with Crippen LogP contribution in [-0.2, 0) is 27.4 Å². The van der Waals surface area contributed by atoms with Crippen molar-refractivity contribution >= 4 is 20.8 Å². The average Bonchev–Trinajstić information content (AvgIpc) is 2.82. The van der Waals surface area contributed by atoms with Crippen LogP contribution < -0.4 is 10.0 Å². The van der Waals surface area contributed by atoms with Gasteiger partial charge in [0.15, 0.2) is 0 Å². The van der Waals surface area contributed by atoms with E-state index in [1.165, 1.54) is 6.07 Å². The summed E-state index contributed by atoms with van der Waals surface area (Å²) < 4.78 is 43.3. The quantitative estimate of drug-likeness (QED) is 0.810. The van der Waals surface area contributed by atoms with Gasteiger partial charge in [-0.2, -0.15) is 0 Å². The Balaban J connectivity index is 2.02. The summed E-state index contributed by atoms with van der Waals surface area (Å²) in [6.45, 7) is 0.484. The summed E-state index contributed by atoms with van der Waals surface area (Å²) in [6.07, 6.45) is 1.21. The second-order valence-corrected chi connectivity index (χ2v) is 7.84. The van der Waals surface area contributed by atoms with Crippen molar-refractivity contribution in [2.75, 3.05) is 18.6 Å². The van der Waals surface area contributed by atoms with Crippen molar-refractivity contribution in [3.8, 4) is 0 Å². The summed E-state index contributed by atoms with van der Waals surface area (Å²) in [5.74, 6) is 1.68. The lowest BCUT2D eigenvalue weighted by molar-refractivity contribution is 0.400. The lowest BCUT2D eigenvalue weighted by Gasteiger charge is -2.21. The summed E-state index contributed by atoms with van der Waals surface area (Å²) in [6, 6.07) is 2.94. The molecule has 1 aromatic rings. The van der Waals surface area contributed by atoms with Gasteiger partial charge in [-0.25, -0.2) is 13.1 Å². The third-order valence-corrected chi connectivity index (χ3v) is 5.74. The molecule has 0 radical (unpaired) electrons. The molecule has 2 rings (SSSR count). The number of hydrogen-bond acceptors (Lipinski definition) is 5. The van der Waals surface area contributed by atoms with Crippen LogP contribution in [-0.4, -0.2) is 37.2 Å². The Labute approximate surface area is 115 Å². The van der Waals surface area contributed by atoms with Gasteiger partial charge in [0, 0.05) is 28.3 Å². The fourth-order valence-electron chi connectivity index (χ4n) is 1.96. The van der Waals surface area contributed by atoms with Gasteiger partial charge in [-0.05, 0) is 32.0 Å². The van der Waals surface area contributed by atoms with E-state index in [4.69, 9.17) is 4.42 Å². The Hall–Kier alpha value is -0.700. The zero-order chi connectivity index (χ0) is 13.9. The molecular weight excluding hydrogens is 288 g/mol. The molecule has 108 valence electrons. The highest BCUT2D eigenvalue weighted by molar-refractivity contribution is 7.89. The van der Waals surface area contributed by atoms with Gasteiger partial charge in [-0.1, -0.05) is 0 Å². The topological polar surface area (TPSA) is 88.4 Å². The summed E-state index contributed by atoms with van der Waals surface area (Å²) in [4.78, 5) is 0. The second-order valence-electron chi connectivity index (χ2n) is 4.49. The third kappa shape index (κ3) is 3.88. The van der Waals surface area contributed by atoms with Gasteiger partial charge in [0.25, 0.3) is 10.0 Å². The molecule has 0 amide bonds. The maximum atomic E-state index is 12.1. The maximum absolute atomic E-state index is 12.1. The van der Waals surface area contributed by atoms with Crippen LogP contribution in [0.3, 0.4) is 0 Å². The SMILES string of the molecule is CNCc1ccc(S(=O)(=O)NC2CCS(=O)CC2)o1. The van der Waals surface area contributed by atoms with E-state index >= 15 is 0 Å². The van der Waals surface area contributed by atoms with Crippen molar-refractivity contribution in [3.05, 3.63) is 17.9 Å². The number of rotatable bonds is 5. The highest BCUT2D eigenvalue weighted by atomic mass is 32.2. The van der Waals surface area contributed by atoms with E-state index in [9.17, 15) is 12.6 Å². The zero-order valence-corrected chi connectivity index (χ0v) is 12.4. The summed E-state index contributed by atoms with van der Waals surface area (Å²) in [5, 5.41) is 2.83. The second kappa shape index (κ2) is 6.17. The van der Waals surface area contributed by atoms with Crippen LogP contribution >= 0.6 is 0 Å². The zero-order valence-electron chi connectivity index (χ0n) is 10.7. The summed E-state index contributed by atoms with van der Waals surface area (Å²) in [7, 11) is -2.66. The van der Waals surface area contributed by atoms with Gasteiger partial charge < -0.3 is 9.73 Å². The lowest BCUT2D eigenvalue weighted by atomic mass is 10.2. The molecule has 2 N–H and O–H groups in total. The number of hydrogen-bond donors (Lipinski definition) is 2. The summed E-state index contributed by atoms with van der Waals surface area (Å²) in [5.41, 5.74) is 0. The maximum Gasteiger partial charge on any atom is 0.274 e. The Bertz CT molecular complexity index is 543. The Morgan fingerprint density at radius 2 is 2.05 bits per heavy atom. The minimum Gasteiger partial charge on any atom is -0.447 e. The minimum absolute atomic E-state index is 0.0653. The van der Waals surface area contributed by atoms with Gasteiger partial charge in [-0.15, -0.1) is 0 Å². The number of furan rings is 1. The molecule has 1 saturated heterocycles.